The molecule has 0 amide bonds. The summed E-state index contributed by atoms with van der Waals surface area (Å²) in [5.41, 5.74) is 0.978. The zero-order valence-electron chi connectivity index (χ0n) is 10.2. The van der Waals surface area contributed by atoms with E-state index >= 15 is 0 Å². The van der Waals surface area contributed by atoms with E-state index < -0.39 is 7.75 Å². The molecule has 0 saturated heterocycles. The topological polar surface area (TPSA) is 67.8 Å². The number of hydrogen-bond acceptors (Lipinski definition) is 3. The summed E-state index contributed by atoms with van der Waals surface area (Å²) in [5.74, 6) is 0.770. The van der Waals surface area contributed by atoms with Crippen LogP contribution in [-0.4, -0.2) is 25.2 Å². The molecule has 0 fully saturated rings. The van der Waals surface area contributed by atoms with Gasteiger partial charge in [0.25, 0.3) is 0 Å². The van der Waals surface area contributed by atoms with Gasteiger partial charge in [-0.05, 0) is 25.0 Å². The first-order valence-corrected chi connectivity index (χ1v) is 6.84. The second kappa shape index (κ2) is 6.17. The highest BCUT2D eigenvalue weighted by Gasteiger charge is 2.20. The van der Waals surface area contributed by atoms with Crippen molar-refractivity contribution in [3.05, 3.63) is 29.8 Å². The summed E-state index contributed by atoms with van der Waals surface area (Å²) < 4.78 is 21.0. The number of benzene rings is 1. The third kappa shape index (κ3) is 4.48. The molecule has 0 aromatic heterocycles. The Labute approximate surface area is 101 Å². The van der Waals surface area contributed by atoms with Crippen molar-refractivity contribution in [3.63, 3.8) is 0 Å². The van der Waals surface area contributed by atoms with Crippen molar-refractivity contribution in [2.75, 3.05) is 14.2 Å². The smallest absolute Gasteiger partial charge is 0.402 e. The molecule has 0 heterocycles. The van der Waals surface area contributed by atoms with E-state index in [1.165, 1.54) is 7.11 Å². The molecule has 0 aliphatic rings. The SMILES string of the molecule is COc1ccccc1CC(C)NP(=O)(O)OC. The maximum atomic E-state index is 11.3. The molecular formula is C11H18NO4P. The Morgan fingerprint density at radius 3 is 2.65 bits per heavy atom. The van der Waals surface area contributed by atoms with Crippen LogP contribution in [-0.2, 0) is 15.5 Å². The zero-order chi connectivity index (χ0) is 12.9. The summed E-state index contributed by atoms with van der Waals surface area (Å²) >= 11 is 0. The molecule has 0 radical (unpaired) electrons. The maximum absolute atomic E-state index is 11.3. The second-order valence-electron chi connectivity index (χ2n) is 3.75. The fraction of sp³-hybridized carbons (Fsp3) is 0.455. The van der Waals surface area contributed by atoms with Gasteiger partial charge < -0.3 is 14.2 Å². The lowest BCUT2D eigenvalue weighted by molar-refractivity contribution is 0.296. The first-order valence-electron chi connectivity index (χ1n) is 5.26. The monoisotopic (exact) mass is 259 g/mol. The molecule has 6 heteroatoms. The first-order chi connectivity index (χ1) is 7.98. The van der Waals surface area contributed by atoms with Gasteiger partial charge in [0, 0.05) is 13.2 Å². The van der Waals surface area contributed by atoms with Gasteiger partial charge in [-0.1, -0.05) is 18.2 Å². The molecule has 96 valence electrons. The molecule has 5 nitrogen and oxygen atoms in total. The van der Waals surface area contributed by atoms with E-state index in [9.17, 15) is 9.46 Å². The van der Waals surface area contributed by atoms with Gasteiger partial charge >= 0.3 is 7.75 Å². The second-order valence-corrected chi connectivity index (χ2v) is 5.41. The Morgan fingerprint density at radius 2 is 2.06 bits per heavy atom. The molecule has 2 N–H and O–H groups in total. The Hall–Kier alpha value is -0.870. The average molecular weight is 259 g/mol. The van der Waals surface area contributed by atoms with Crippen molar-refractivity contribution in [1.29, 1.82) is 0 Å². The van der Waals surface area contributed by atoms with Crippen LogP contribution in [0.15, 0.2) is 24.3 Å². The number of nitrogens with one attached hydrogen (secondary N) is 1. The van der Waals surface area contributed by atoms with Gasteiger partial charge in [0.05, 0.1) is 7.11 Å². The quantitative estimate of drug-likeness (QED) is 0.764. The molecule has 2 atom stereocenters. The van der Waals surface area contributed by atoms with Gasteiger partial charge in [-0.3, -0.25) is 0 Å². The third-order valence-corrected chi connectivity index (χ3v) is 3.61. The summed E-state index contributed by atoms with van der Waals surface area (Å²) in [4.78, 5) is 9.29. The predicted octanol–water partition coefficient (Wildman–Crippen LogP) is 1.96. The Kier molecular flexibility index (Phi) is 5.15. The molecule has 0 aliphatic carbocycles. The van der Waals surface area contributed by atoms with E-state index in [1.807, 2.05) is 31.2 Å². The third-order valence-electron chi connectivity index (χ3n) is 2.35. The van der Waals surface area contributed by atoms with Crippen molar-refractivity contribution in [3.8, 4) is 5.75 Å². The molecule has 1 rings (SSSR count). The highest BCUT2D eigenvalue weighted by molar-refractivity contribution is 7.50. The van der Waals surface area contributed by atoms with Crippen LogP contribution in [0.3, 0.4) is 0 Å². The summed E-state index contributed by atoms with van der Waals surface area (Å²) in [5, 5.41) is 2.54. The van der Waals surface area contributed by atoms with Crippen LogP contribution in [0, 0.1) is 0 Å². The first kappa shape index (κ1) is 14.2. The average Bonchev–Trinajstić information content (AvgIpc) is 2.29. The molecule has 0 bridgehead atoms. The van der Waals surface area contributed by atoms with Crippen LogP contribution in [0.5, 0.6) is 5.75 Å². The predicted molar refractivity (Wildman–Crippen MR) is 66.1 cm³/mol. The van der Waals surface area contributed by atoms with Crippen LogP contribution in [0.2, 0.25) is 0 Å². The van der Waals surface area contributed by atoms with Gasteiger partial charge in [0.2, 0.25) is 0 Å². The van der Waals surface area contributed by atoms with Gasteiger partial charge in [-0.15, -0.1) is 0 Å². The van der Waals surface area contributed by atoms with Gasteiger partial charge in [-0.2, -0.15) is 0 Å². The maximum Gasteiger partial charge on any atom is 0.402 e. The standard InChI is InChI=1S/C11H18NO4P/c1-9(12-17(13,14)16-3)8-10-6-4-5-7-11(10)15-2/h4-7,9H,8H2,1-3H3,(H2,12,13,14). The number of rotatable bonds is 6. The molecule has 0 aliphatic heterocycles. The van der Waals surface area contributed by atoms with Gasteiger partial charge in [0.1, 0.15) is 5.75 Å². The summed E-state index contributed by atoms with van der Waals surface area (Å²) in [6, 6.07) is 7.37. The van der Waals surface area contributed by atoms with E-state index in [0.717, 1.165) is 11.3 Å². The van der Waals surface area contributed by atoms with E-state index in [-0.39, 0.29) is 6.04 Å². The van der Waals surface area contributed by atoms with Crippen molar-refractivity contribution in [2.24, 2.45) is 0 Å². The molecule has 2 unspecified atom stereocenters. The Balaban J connectivity index is 2.68. The minimum atomic E-state index is -3.68. The van der Waals surface area contributed by atoms with E-state index in [2.05, 4.69) is 9.61 Å². The molecule has 0 spiro atoms. The van der Waals surface area contributed by atoms with Crippen molar-refractivity contribution >= 4 is 7.75 Å². The van der Waals surface area contributed by atoms with Crippen LogP contribution >= 0.6 is 7.75 Å². The highest BCUT2D eigenvalue weighted by Crippen LogP contribution is 2.36. The fourth-order valence-corrected chi connectivity index (χ4v) is 2.33. The van der Waals surface area contributed by atoms with Crippen molar-refractivity contribution in [1.82, 2.24) is 5.09 Å². The number of methoxy groups -OCH3 is 1. The number of ether oxygens (including phenoxy) is 1. The molecule has 17 heavy (non-hydrogen) atoms. The number of hydrogen-bond donors (Lipinski definition) is 2. The van der Waals surface area contributed by atoms with Crippen molar-refractivity contribution < 1.29 is 18.7 Å². The largest absolute Gasteiger partial charge is 0.496 e. The molecule has 1 aromatic carbocycles. The molecular weight excluding hydrogens is 241 g/mol. The zero-order valence-corrected chi connectivity index (χ0v) is 11.1. The number of para-hydroxylation sites is 1. The van der Waals surface area contributed by atoms with Gasteiger partial charge in [-0.25, -0.2) is 9.65 Å². The Morgan fingerprint density at radius 1 is 1.41 bits per heavy atom. The van der Waals surface area contributed by atoms with Gasteiger partial charge in [0.15, 0.2) is 0 Å². The summed E-state index contributed by atoms with van der Waals surface area (Å²) in [6.45, 7) is 1.81. The highest BCUT2D eigenvalue weighted by atomic mass is 31.2. The van der Waals surface area contributed by atoms with E-state index in [4.69, 9.17) is 4.74 Å². The van der Waals surface area contributed by atoms with Crippen LogP contribution in [0.1, 0.15) is 12.5 Å². The normalized spacial score (nSPS) is 16.2. The lowest BCUT2D eigenvalue weighted by atomic mass is 10.1. The van der Waals surface area contributed by atoms with Crippen LogP contribution in [0.4, 0.5) is 0 Å². The summed E-state index contributed by atoms with van der Waals surface area (Å²) in [7, 11) is -0.883. The lowest BCUT2D eigenvalue weighted by Crippen LogP contribution is -2.26. The molecule has 1 aromatic rings. The van der Waals surface area contributed by atoms with E-state index in [0.29, 0.717) is 6.42 Å². The fourth-order valence-electron chi connectivity index (χ4n) is 1.58. The summed E-state index contributed by atoms with van der Waals surface area (Å²) in [6.07, 6.45) is 0.581. The van der Waals surface area contributed by atoms with Crippen LogP contribution < -0.4 is 9.82 Å². The molecule has 0 saturated carbocycles. The van der Waals surface area contributed by atoms with Crippen molar-refractivity contribution in [2.45, 2.75) is 19.4 Å². The Bertz CT molecular complexity index is 410. The lowest BCUT2D eigenvalue weighted by Gasteiger charge is -2.18. The van der Waals surface area contributed by atoms with E-state index in [1.54, 1.807) is 7.11 Å². The minimum Gasteiger partial charge on any atom is -0.496 e. The minimum absolute atomic E-state index is 0.193. The van der Waals surface area contributed by atoms with Crippen LogP contribution in [0.25, 0.3) is 0 Å².